The number of ether oxygens (including phenoxy) is 1. The van der Waals surface area contributed by atoms with Crippen molar-refractivity contribution in [3.8, 4) is 0 Å². The average Bonchev–Trinajstić information content (AvgIpc) is 2.99. The van der Waals surface area contributed by atoms with Crippen LogP contribution in [0.25, 0.3) is 0 Å². The Morgan fingerprint density at radius 1 is 1.04 bits per heavy atom. The molecule has 0 spiro atoms. The van der Waals surface area contributed by atoms with E-state index >= 15 is 0 Å². The summed E-state index contributed by atoms with van der Waals surface area (Å²) in [5, 5.41) is 2.18. The fraction of sp³-hybridized carbons (Fsp3) is 1.00. The molecule has 0 aromatic carbocycles. The monoisotopic (exact) mass is 390 g/mol. The minimum Gasteiger partial charge on any atom is -0.365 e. The third-order valence-corrected chi connectivity index (χ3v) is 5.37. The van der Waals surface area contributed by atoms with Crippen LogP contribution in [-0.4, -0.2) is 36.3 Å². The second kappa shape index (κ2) is 12.7. The maximum absolute atomic E-state index is 5.69. The average molecular weight is 391 g/mol. The highest BCUT2D eigenvalue weighted by atomic mass is 79.9. The van der Waals surface area contributed by atoms with Crippen LogP contribution in [0.15, 0.2) is 0 Å². The molecule has 138 valence electrons. The zero-order chi connectivity index (χ0) is 17.0. The molecule has 0 bridgehead atoms. The number of alkyl halides is 1. The molecule has 1 aliphatic heterocycles. The summed E-state index contributed by atoms with van der Waals surface area (Å²) in [6.45, 7) is 10.9. The Morgan fingerprint density at radius 3 is 2.39 bits per heavy atom. The van der Waals surface area contributed by atoms with Crippen LogP contribution in [-0.2, 0) is 4.74 Å². The van der Waals surface area contributed by atoms with Crippen LogP contribution in [0.3, 0.4) is 0 Å². The SMILES string of the molecule is CC(C)(C)CCC(Br)CCCCCCCCOCN1CCCN1. The molecule has 23 heavy (non-hydrogen) atoms. The highest BCUT2D eigenvalue weighted by Gasteiger charge is 2.13. The molecule has 0 amide bonds. The van der Waals surface area contributed by atoms with Crippen molar-refractivity contribution in [1.29, 1.82) is 0 Å². The normalized spacial score (nSPS) is 17.7. The van der Waals surface area contributed by atoms with Crippen LogP contribution in [0, 0.1) is 5.41 Å². The molecule has 1 rings (SSSR count). The molecular formula is C19H39BrN2O. The lowest BCUT2D eigenvalue weighted by molar-refractivity contribution is 0.0162. The van der Waals surface area contributed by atoms with Gasteiger partial charge in [-0.1, -0.05) is 68.8 Å². The Balaban J connectivity index is 1.77. The summed E-state index contributed by atoms with van der Waals surface area (Å²) < 4.78 is 5.69. The molecule has 1 heterocycles. The molecule has 1 N–H and O–H groups in total. The van der Waals surface area contributed by atoms with Crippen LogP contribution in [0.1, 0.15) is 85.0 Å². The largest absolute Gasteiger partial charge is 0.365 e. The Hall–Kier alpha value is 0.360. The van der Waals surface area contributed by atoms with Gasteiger partial charge in [0.1, 0.15) is 6.73 Å². The number of hydrazine groups is 1. The first-order valence-corrected chi connectivity index (χ1v) is 10.6. The highest BCUT2D eigenvalue weighted by molar-refractivity contribution is 9.09. The van der Waals surface area contributed by atoms with E-state index in [-0.39, 0.29) is 0 Å². The van der Waals surface area contributed by atoms with Gasteiger partial charge in [-0.2, -0.15) is 0 Å². The van der Waals surface area contributed by atoms with Crippen LogP contribution < -0.4 is 5.43 Å². The Morgan fingerprint density at radius 2 is 1.74 bits per heavy atom. The lowest BCUT2D eigenvalue weighted by Crippen LogP contribution is -2.33. The van der Waals surface area contributed by atoms with E-state index in [1.807, 2.05) is 0 Å². The number of rotatable bonds is 13. The first-order chi connectivity index (χ1) is 11.0. The van der Waals surface area contributed by atoms with Crippen LogP contribution in [0.4, 0.5) is 0 Å². The predicted octanol–water partition coefficient (Wildman–Crippen LogP) is 5.49. The molecule has 0 radical (unpaired) electrons. The van der Waals surface area contributed by atoms with Crippen molar-refractivity contribution >= 4 is 15.9 Å². The summed E-state index contributed by atoms with van der Waals surface area (Å²) in [5.41, 5.74) is 3.78. The summed E-state index contributed by atoms with van der Waals surface area (Å²) in [6, 6.07) is 0. The summed E-state index contributed by atoms with van der Waals surface area (Å²) >= 11 is 3.84. The van der Waals surface area contributed by atoms with Crippen LogP contribution in [0.2, 0.25) is 0 Å². The van der Waals surface area contributed by atoms with E-state index in [0.29, 0.717) is 10.2 Å². The van der Waals surface area contributed by atoms with Gasteiger partial charge in [0.05, 0.1) is 0 Å². The lowest BCUT2D eigenvalue weighted by Gasteiger charge is -2.20. The van der Waals surface area contributed by atoms with Crippen molar-refractivity contribution in [1.82, 2.24) is 10.4 Å². The Kier molecular flexibility index (Phi) is 11.8. The molecule has 0 aromatic heterocycles. The van der Waals surface area contributed by atoms with E-state index in [1.54, 1.807) is 0 Å². The Bertz CT molecular complexity index is 275. The zero-order valence-corrected chi connectivity index (χ0v) is 17.3. The van der Waals surface area contributed by atoms with Crippen LogP contribution >= 0.6 is 15.9 Å². The fourth-order valence-corrected chi connectivity index (χ4v) is 3.43. The molecule has 0 aromatic rings. The zero-order valence-electron chi connectivity index (χ0n) is 15.7. The number of hydrogen-bond donors (Lipinski definition) is 1. The first kappa shape index (κ1) is 21.4. The molecule has 1 atom stereocenters. The number of unbranched alkanes of at least 4 members (excludes halogenated alkanes) is 5. The smallest absolute Gasteiger partial charge is 0.112 e. The van der Waals surface area contributed by atoms with Gasteiger partial charge >= 0.3 is 0 Å². The maximum Gasteiger partial charge on any atom is 0.112 e. The van der Waals surface area contributed by atoms with Gasteiger partial charge in [-0.15, -0.1) is 0 Å². The van der Waals surface area contributed by atoms with Crippen molar-refractivity contribution in [3.63, 3.8) is 0 Å². The fourth-order valence-electron chi connectivity index (χ4n) is 2.88. The van der Waals surface area contributed by atoms with E-state index < -0.39 is 0 Å². The van der Waals surface area contributed by atoms with Gasteiger partial charge in [0.25, 0.3) is 0 Å². The standard InChI is InChI=1S/C19H39BrN2O/c1-19(2,3)13-12-18(20)11-8-6-4-5-7-9-16-23-17-22-15-10-14-21-22/h18,21H,4-17H2,1-3H3. The summed E-state index contributed by atoms with van der Waals surface area (Å²) in [7, 11) is 0. The van der Waals surface area contributed by atoms with Crippen molar-refractivity contribution < 1.29 is 4.74 Å². The quantitative estimate of drug-likeness (QED) is 0.332. The van der Waals surface area contributed by atoms with Crippen molar-refractivity contribution in [3.05, 3.63) is 0 Å². The van der Waals surface area contributed by atoms with Crippen molar-refractivity contribution in [2.24, 2.45) is 5.41 Å². The van der Waals surface area contributed by atoms with Gasteiger partial charge in [0.15, 0.2) is 0 Å². The minimum atomic E-state index is 0.471. The molecule has 1 saturated heterocycles. The molecule has 1 aliphatic rings. The Labute approximate surface area is 153 Å². The first-order valence-electron chi connectivity index (χ1n) is 9.68. The molecule has 1 unspecified atom stereocenters. The van der Waals surface area contributed by atoms with E-state index in [4.69, 9.17) is 4.74 Å². The third kappa shape index (κ3) is 13.3. The maximum atomic E-state index is 5.69. The van der Waals surface area contributed by atoms with Crippen molar-refractivity contribution in [2.45, 2.75) is 89.8 Å². The van der Waals surface area contributed by atoms with Gasteiger partial charge in [-0.05, 0) is 37.5 Å². The van der Waals surface area contributed by atoms with Gasteiger partial charge in [0, 0.05) is 24.5 Å². The van der Waals surface area contributed by atoms with Crippen LogP contribution in [0.5, 0.6) is 0 Å². The van der Waals surface area contributed by atoms with E-state index in [1.165, 1.54) is 64.2 Å². The second-order valence-corrected chi connectivity index (χ2v) is 9.46. The second-order valence-electron chi connectivity index (χ2n) is 8.17. The van der Waals surface area contributed by atoms with Gasteiger partial charge in [-0.25, -0.2) is 5.01 Å². The summed E-state index contributed by atoms with van der Waals surface area (Å²) in [5.74, 6) is 0. The molecule has 0 aliphatic carbocycles. The highest BCUT2D eigenvalue weighted by Crippen LogP contribution is 2.26. The van der Waals surface area contributed by atoms with Gasteiger partial charge in [-0.3, -0.25) is 5.43 Å². The lowest BCUT2D eigenvalue weighted by atomic mass is 9.89. The molecule has 3 nitrogen and oxygen atoms in total. The molecule has 1 fully saturated rings. The number of nitrogens with zero attached hydrogens (tertiary/aromatic N) is 1. The number of halogens is 1. The topological polar surface area (TPSA) is 24.5 Å². The van der Waals surface area contributed by atoms with E-state index in [0.717, 1.165) is 26.4 Å². The molecule has 0 saturated carbocycles. The number of nitrogens with one attached hydrogen (secondary N) is 1. The predicted molar refractivity (Wildman–Crippen MR) is 104 cm³/mol. The molecular weight excluding hydrogens is 352 g/mol. The van der Waals surface area contributed by atoms with Gasteiger partial charge in [0.2, 0.25) is 0 Å². The third-order valence-electron chi connectivity index (χ3n) is 4.45. The van der Waals surface area contributed by atoms with E-state index in [2.05, 4.69) is 47.1 Å². The summed E-state index contributed by atoms with van der Waals surface area (Å²) in [6.07, 6.45) is 13.2. The molecule has 4 heteroatoms. The van der Waals surface area contributed by atoms with Gasteiger partial charge < -0.3 is 4.74 Å². The minimum absolute atomic E-state index is 0.471. The van der Waals surface area contributed by atoms with E-state index in [9.17, 15) is 0 Å². The summed E-state index contributed by atoms with van der Waals surface area (Å²) in [4.78, 5) is 0.717. The van der Waals surface area contributed by atoms with Crippen molar-refractivity contribution in [2.75, 3.05) is 26.4 Å². The number of hydrogen-bond acceptors (Lipinski definition) is 3.